The Bertz CT molecular complexity index is 2760. The van der Waals surface area contributed by atoms with Crippen molar-refractivity contribution in [2.75, 3.05) is 0 Å². The molecule has 0 saturated carbocycles. The highest BCUT2D eigenvalue weighted by molar-refractivity contribution is 6.11. The Hall–Kier alpha value is -6.59. The fourth-order valence-electron chi connectivity index (χ4n) is 7.33. The smallest absolute Gasteiger partial charge is 0.164 e. The number of nitrogens with zero attached hydrogens (tertiary/aromatic N) is 4. The highest BCUT2D eigenvalue weighted by Crippen LogP contribution is 2.40. The third-order valence-corrected chi connectivity index (χ3v) is 9.70. The third-order valence-electron chi connectivity index (χ3n) is 9.70. The van der Waals surface area contributed by atoms with Crippen LogP contribution in [0.5, 0.6) is 0 Å². The van der Waals surface area contributed by atoms with E-state index in [0.717, 1.165) is 73.8 Å². The molecule has 9 aromatic rings. The van der Waals surface area contributed by atoms with Crippen LogP contribution < -0.4 is 0 Å². The van der Waals surface area contributed by atoms with Crippen LogP contribution in [-0.2, 0) is 6.42 Å². The van der Waals surface area contributed by atoms with Crippen LogP contribution in [0.2, 0.25) is 0 Å². The number of furan rings is 1. The lowest BCUT2D eigenvalue weighted by molar-refractivity contribution is 0.669. The maximum Gasteiger partial charge on any atom is 0.164 e. The number of hydrogen-bond donors (Lipinski definition) is 0. The van der Waals surface area contributed by atoms with E-state index in [2.05, 4.69) is 114 Å². The average molecular weight is 643 g/mol. The number of benzene rings is 6. The van der Waals surface area contributed by atoms with Crippen molar-refractivity contribution in [2.45, 2.75) is 12.8 Å². The van der Waals surface area contributed by atoms with Gasteiger partial charge in [-0.2, -0.15) is 0 Å². The summed E-state index contributed by atoms with van der Waals surface area (Å²) in [5.41, 5.74) is 11.6. The number of para-hydroxylation sites is 1. The van der Waals surface area contributed by atoms with Crippen molar-refractivity contribution in [2.24, 2.45) is 0 Å². The molecule has 236 valence electrons. The molecule has 6 aromatic carbocycles. The van der Waals surface area contributed by atoms with Crippen LogP contribution in [0.1, 0.15) is 17.7 Å². The zero-order valence-corrected chi connectivity index (χ0v) is 27.1. The van der Waals surface area contributed by atoms with Crippen LogP contribution >= 0.6 is 0 Å². The minimum Gasteiger partial charge on any atom is -0.456 e. The van der Waals surface area contributed by atoms with Crippen LogP contribution in [0.4, 0.5) is 0 Å². The quantitative estimate of drug-likeness (QED) is 0.187. The second-order valence-corrected chi connectivity index (χ2v) is 12.8. The van der Waals surface area contributed by atoms with Gasteiger partial charge in [-0.1, -0.05) is 121 Å². The lowest BCUT2D eigenvalue weighted by Gasteiger charge is -2.15. The molecule has 0 spiro atoms. The van der Waals surface area contributed by atoms with Crippen LogP contribution in [0.15, 0.2) is 156 Å². The van der Waals surface area contributed by atoms with Crippen LogP contribution in [0, 0.1) is 0 Å². The summed E-state index contributed by atoms with van der Waals surface area (Å²) in [5, 5.41) is 3.51. The van der Waals surface area contributed by atoms with E-state index in [1.165, 1.54) is 16.6 Å². The first-order chi connectivity index (χ1) is 24.8. The van der Waals surface area contributed by atoms with Gasteiger partial charge in [0.1, 0.15) is 11.2 Å². The summed E-state index contributed by atoms with van der Waals surface area (Å²) in [4.78, 5) is 15.2. The highest BCUT2D eigenvalue weighted by Gasteiger charge is 2.22. The summed E-state index contributed by atoms with van der Waals surface area (Å²) in [7, 11) is 0. The fourth-order valence-corrected chi connectivity index (χ4v) is 7.33. The van der Waals surface area contributed by atoms with Crippen molar-refractivity contribution in [3.63, 3.8) is 0 Å². The molecule has 0 N–H and O–H groups in total. The Morgan fingerprint density at radius 3 is 1.92 bits per heavy atom. The third kappa shape index (κ3) is 4.74. The van der Waals surface area contributed by atoms with Crippen molar-refractivity contribution in [1.82, 2.24) is 19.5 Å². The molecule has 5 heteroatoms. The van der Waals surface area contributed by atoms with Gasteiger partial charge in [-0.3, -0.25) is 0 Å². The summed E-state index contributed by atoms with van der Waals surface area (Å²) < 4.78 is 8.76. The zero-order valence-electron chi connectivity index (χ0n) is 27.1. The molecule has 0 aliphatic heterocycles. The maximum atomic E-state index is 6.37. The summed E-state index contributed by atoms with van der Waals surface area (Å²) in [6, 6.07) is 50.3. The molecule has 0 fully saturated rings. The molecule has 0 radical (unpaired) electrons. The second kappa shape index (κ2) is 11.5. The Morgan fingerprint density at radius 1 is 0.480 bits per heavy atom. The molecular formula is C45H30N4O. The fraction of sp³-hybridized carbons (Fsp3) is 0.0444. The van der Waals surface area contributed by atoms with Gasteiger partial charge >= 0.3 is 0 Å². The van der Waals surface area contributed by atoms with E-state index >= 15 is 0 Å². The van der Waals surface area contributed by atoms with Gasteiger partial charge in [0.15, 0.2) is 17.5 Å². The van der Waals surface area contributed by atoms with Gasteiger partial charge in [0.2, 0.25) is 0 Å². The van der Waals surface area contributed by atoms with Crippen molar-refractivity contribution >= 4 is 38.9 Å². The summed E-state index contributed by atoms with van der Waals surface area (Å²) in [6.45, 7) is 0. The minimum absolute atomic E-state index is 0.630. The van der Waals surface area contributed by atoms with Crippen molar-refractivity contribution < 1.29 is 4.42 Å². The Kier molecular flexibility index (Phi) is 6.56. The molecule has 10 rings (SSSR count). The normalized spacial score (nSPS) is 12.6. The predicted octanol–water partition coefficient (Wildman–Crippen LogP) is 11.3. The SMILES string of the molecule is C1=Cc2c(n(-c3cccc(-c4nc(-c5ccccc5)nc(-c5cccc(-c6ccccc6)c5)n4)c3)c3cc4oc5ccccc5c4cc23)CC1. The van der Waals surface area contributed by atoms with E-state index in [4.69, 9.17) is 19.4 Å². The van der Waals surface area contributed by atoms with E-state index in [1.54, 1.807) is 0 Å². The predicted molar refractivity (Wildman–Crippen MR) is 203 cm³/mol. The van der Waals surface area contributed by atoms with Crippen LogP contribution in [-0.4, -0.2) is 19.5 Å². The molecule has 0 unspecified atom stereocenters. The molecule has 50 heavy (non-hydrogen) atoms. The number of fused-ring (bicyclic) bond motifs is 6. The van der Waals surface area contributed by atoms with E-state index in [9.17, 15) is 0 Å². The monoisotopic (exact) mass is 642 g/mol. The Morgan fingerprint density at radius 2 is 1.12 bits per heavy atom. The van der Waals surface area contributed by atoms with Crippen molar-refractivity contribution in [3.05, 3.63) is 163 Å². The summed E-state index contributed by atoms with van der Waals surface area (Å²) in [6.07, 6.45) is 6.52. The van der Waals surface area contributed by atoms with Gasteiger partial charge < -0.3 is 8.98 Å². The standard InChI is InChI=1S/C45H30N4O/c1-3-13-29(14-4-1)31-17-11-18-32(25-31)44-46-43(30-15-5-2-6-16-30)47-45(48-44)33-19-12-20-34(26-33)49-39-23-9-7-21-35(39)37-27-38-36-22-8-10-24-41(36)50-42(38)28-40(37)49/h1-8,10-22,24-28H,9,23H2. The molecule has 0 saturated heterocycles. The van der Waals surface area contributed by atoms with Crippen LogP contribution in [0.25, 0.3) is 89.9 Å². The highest BCUT2D eigenvalue weighted by atomic mass is 16.3. The molecule has 0 bridgehead atoms. The molecule has 3 heterocycles. The first-order valence-corrected chi connectivity index (χ1v) is 17.0. The minimum atomic E-state index is 0.630. The van der Waals surface area contributed by atoms with E-state index in [-0.39, 0.29) is 0 Å². The molecule has 0 amide bonds. The second-order valence-electron chi connectivity index (χ2n) is 12.8. The van der Waals surface area contributed by atoms with Crippen molar-refractivity contribution in [3.8, 4) is 51.0 Å². The molecule has 1 aliphatic carbocycles. The maximum absolute atomic E-state index is 6.37. The lowest BCUT2D eigenvalue weighted by Crippen LogP contribution is -2.04. The van der Waals surface area contributed by atoms with Gasteiger partial charge in [-0.05, 0) is 54.3 Å². The van der Waals surface area contributed by atoms with E-state index in [0.29, 0.717) is 17.5 Å². The lowest BCUT2D eigenvalue weighted by atomic mass is 10.0. The van der Waals surface area contributed by atoms with Gasteiger partial charge in [-0.25, -0.2) is 15.0 Å². The Balaban J connectivity index is 1.15. The first kappa shape index (κ1) is 28.4. The molecule has 3 aromatic heterocycles. The largest absolute Gasteiger partial charge is 0.456 e. The van der Waals surface area contributed by atoms with Gasteiger partial charge in [-0.15, -0.1) is 0 Å². The summed E-state index contributed by atoms with van der Waals surface area (Å²) in [5.74, 6) is 1.91. The number of rotatable bonds is 5. The van der Waals surface area contributed by atoms with Crippen molar-refractivity contribution in [1.29, 1.82) is 0 Å². The number of hydrogen-bond acceptors (Lipinski definition) is 4. The van der Waals surface area contributed by atoms with Crippen LogP contribution in [0.3, 0.4) is 0 Å². The molecular weight excluding hydrogens is 613 g/mol. The van der Waals surface area contributed by atoms with Gasteiger partial charge in [0.25, 0.3) is 0 Å². The van der Waals surface area contributed by atoms with E-state index in [1.807, 2.05) is 48.5 Å². The average Bonchev–Trinajstić information content (AvgIpc) is 3.72. The first-order valence-electron chi connectivity index (χ1n) is 17.0. The topological polar surface area (TPSA) is 56.7 Å². The molecule has 5 nitrogen and oxygen atoms in total. The number of aromatic nitrogens is 4. The number of allylic oxidation sites excluding steroid dienone is 1. The Labute approximate surface area is 288 Å². The van der Waals surface area contributed by atoms with E-state index < -0.39 is 0 Å². The molecule has 1 aliphatic rings. The zero-order chi connectivity index (χ0) is 33.0. The van der Waals surface area contributed by atoms with Gasteiger partial charge in [0.05, 0.1) is 5.52 Å². The van der Waals surface area contributed by atoms with Gasteiger partial charge in [0, 0.05) is 55.9 Å². The summed E-state index contributed by atoms with van der Waals surface area (Å²) >= 11 is 0. The molecule has 0 atom stereocenters.